The van der Waals surface area contributed by atoms with Crippen LogP contribution in [0.5, 0.6) is 0 Å². The van der Waals surface area contributed by atoms with Crippen molar-refractivity contribution < 1.29 is 0 Å². The van der Waals surface area contributed by atoms with Crippen LogP contribution in [0.4, 0.5) is 17.1 Å². The minimum atomic E-state index is 1.05. The molecule has 0 unspecified atom stereocenters. The zero-order valence-electron chi connectivity index (χ0n) is 11.1. The van der Waals surface area contributed by atoms with E-state index in [1.165, 1.54) is 16.9 Å². The number of rotatable bonds is 7. The molecule has 0 saturated carbocycles. The normalized spacial score (nSPS) is 9.82. The third-order valence-corrected chi connectivity index (χ3v) is 2.94. The third-order valence-electron chi connectivity index (χ3n) is 2.94. The van der Waals surface area contributed by atoms with Crippen molar-refractivity contribution in [2.45, 2.75) is 19.3 Å². The fraction of sp³-hybridized carbons (Fsp3) is 0.429. The molecule has 0 saturated heterocycles. The zero-order chi connectivity index (χ0) is 12.7. The molecule has 0 bridgehead atoms. The van der Waals surface area contributed by atoms with E-state index in [-0.39, 0.29) is 0 Å². The molecule has 0 radical (unpaired) electrons. The van der Waals surface area contributed by atoms with Gasteiger partial charge in [0, 0.05) is 32.4 Å². The summed E-state index contributed by atoms with van der Waals surface area (Å²) in [5.74, 6) is 0. The van der Waals surface area contributed by atoms with Gasteiger partial charge in [0.2, 0.25) is 0 Å². The predicted molar refractivity (Wildman–Crippen MR) is 78.2 cm³/mol. The number of hydrogen-bond acceptors (Lipinski definition) is 3. The molecule has 0 aliphatic heterocycles. The highest BCUT2D eigenvalue weighted by atomic mass is 14.9. The van der Waals surface area contributed by atoms with Crippen molar-refractivity contribution >= 4 is 17.1 Å². The fourth-order valence-electron chi connectivity index (χ4n) is 2.06. The molecule has 3 heteroatoms. The summed E-state index contributed by atoms with van der Waals surface area (Å²) in [4.78, 5) is 0. The van der Waals surface area contributed by atoms with Crippen LogP contribution in [0.25, 0.3) is 0 Å². The van der Waals surface area contributed by atoms with Gasteiger partial charge in [-0.3, -0.25) is 0 Å². The first kappa shape index (κ1) is 13.4. The number of nitrogens with one attached hydrogen (secondary N) is 3. The molecule has 1 aromatic rings. The third kappa shape index (κ3) is 3.16. The molecule has 1 aromatic carbocycles. The summed E-state index contributed by atoms with van der Waals surface area (Å²) in [5.41, 5.74) is 4.85. The largest absolute Gasteiger partial charge is 0.388 e. The Bertz CT molecular complexity index is 372. The number of allylic oxidation sites excluding steroid dienone is 1. The van der Waals surface area contributed by atoms with Gasteiger partial charge in [0.25, 0.3) is 0 Å². The lowest BCUT2D eigenvalue weighted by molar-refractivity contribution is 0.846. The second kappa shape index (κ2) is 6.84. The first-order valence-electron chi connectivity index (χ1n) is 6.08. The maximum Gasteiger partial charge on any atom is 0.0626 e. The van der Waals surface area contributed by atoms with Crippen LogP contribution in [0.3, 0.4) is 0 Å². The van der Waals surface area contributed by atoms with Gasteiger partial charge in [0.1, 0.15) is 0 Å². The van der Waals surface area contributed by atoms with Gasteiger partial charge in [0.15, 0.2) is 0 Å². The van der Waals surface area contributed by atoms with E-state index in [0.29, 0.717) is 0 Å². The minimum Gasteiger partial charge on any atom is -0.388 e. The summed E-state index contributed by atoms with van der Waals surface area (Å²) in [5, 5.41) is 9.76. The highest BCUT2D eigenvalue weighted by Crippen LogP contribution is 2.32. The monoisotopic (exact) mass is 233 g/mol. The molecule has 1 rings (SSSR count). The summed E-state index contributed by atoms with van der Waals surface area (Å²) >= 11 is 0. The van der Waals surface area contributed by atoms with E-state index in [1.807, 2.05) is 27.2 Å². The van der Waals surface area contributed by atoms with Crippen LogP contribution in [0, 0.1) is 0 Å². The molecule has 0 fully saturated rings. The first-order valence-corrected chi connectivity index (χ1v) is 6.08. The molecule has 0 heterocycles. The molecule has 3 N–H and O–H groups in total. The lowest BCUT2D eigenvalue weighted by atomic mass is 10.0. The van der Waals surface area contributed by atoms with Crippen molar-refractivity contribution in [3.05, 3.63) is 30.4 Å². The Morgan fingerprint density at radius 1 is 1.06 bits per heavy atom. The molecule has 0 spiro atoms. The summed E-state index contributed by atoms with van der Waals surface area (Å²) in [6.07, 6.45) is 5.20. The molecular weight excluding hydrogens is 210 g/mol. The standard InChI is InChI=1S/C14H23N3/c1-5-6-7-8-11-12(15-2)9-10-13(16-3)14(11)17-4/h5,9-10,15-17H,1,6-8H2,2-4H3. The molecule has 17 heavy (non-hydrogen) atoms. The Hall–Kier alpha value is -1.64. The van der Waals surface area contributed by atoms with Crippen molar-refractivity contribution in [1.29, 1.82) is 0 Å². The second-order valence-electron chi connectivity index (χ2n) is 3.95. The van der Waals surface area contributed by atoms with E-state index < -0.39 is 0 Å². The predicted octanol–water partition coefficient (Wildman–Crippen LogP) is 3.32. The lowest BCUT2D eigenvalue weighted by Gasteiger charge is -2.18. The van der Waals surface area contributed by atoms with Gasteiger partial charge < -0.3 is 16.0 Å². The Labute approximate surface area is 104 Å². The smallest absolute Gasteiger partial charge is 0.0626 e. The van der Waals surface area contributed by atoms with Crippen molar-refractivity contribution in [3.63, 3.8) is 0 Å². The van der Waals surface area contributed by atoms with Crippen LogP contribution < -0.4 is 16.0 Å². The second-order valence-corrected chi connectivity index (χ2v) is 3.95. The summed E-state index contributed by atoms with van der Waals surface area (Å²) in [7, 11) is 5.88. The fourth-order valence-corrected chi connectivity index (χ4v) is 2.06. The quantitative estimate of drug-likeness (QED) is 0.499. The van der Waals surface area contributed by atoms with E-state index >= 15 is 0 Å². The van der Waals surface area contributed by atoms with Gasteiger partial charge in [-0.05, 0) is 31.4 Å². The minimum absolute atomic E-state index is 1.05. The number of unbranched alkanes of at least 4 members (excludes halogenated alkanes) is 1. The number of hydrogen-bond donors (Lipinski definition) is 3. The van der Waals surface area contributed by atoms with Crippen LogP contribution in [-0.2, 0) is 6.42 Å². The Balaban J connectivity index is 3.06. The highest BCUT2D eigenvalue weighted by molar-refractivity contribution is 5.79. The molecule has 3 nitrogen and oxygen atoms in total. The van der Waals surface area contributed by atoms with E-state index in [1.54, 1.807) is 0 Å². The molecule has 0 aliphatic rings. The highest BCUT2D eigenvalue weighted by Gasteiger charge is 2.10. The van der Waals surface area contributed by atoms with Gasteiger partial charge in [-0.1, -0.05) is 6.08 Å². The summed E-state index contributed by atoms with van der Waals surface area (Å²) in [6, 6.07) is 4.21. The van der Waals surface area contributed by atoms with Gasteiger partial charge in [0.05, 0.1) is 11.4 Å². The lowest BCUT2D eigenvalue weighted by Crippen LogP contribution is -2.05. The van der Waals surface area contributed by atoms with Gasteiger partial charge in [-0.25, -0.2) is 0 Å². The average molecular weight is 233 g/mol. The van der Waals surface area contributed by atoms with E-state index in [0.717, 1.165) is 24.9 Å². The van der Waals surface area contributed by atoms with E-state index in [4.69, 9.17) is 0 Å². The van der Waals surface area contributed by atoms with Crippen molar-refractivity contribution in [2.24, 2.45) is 0 Å². The summed E-state index contributed by atoms with van der Waals surface area (Å²) in [6.45, 7) is 3.77. The molecule has 94 valence electrons. The Kier molecular flexibility index (Phi) is 5.40. The molecular formula is C14H23N3. The van der Waals surface area contributed by atoms with E-state index in [9.17, 15) is 0 Å². The van der Waals surface area contributed by atoms with Gasteiger partial charge in [-0.15, -0.1) is 6.58 Å². The van der Waals surface area contributed by atoms with Crippen molar-refractivity contribution in [1.82, 2.24) is 0 Å². The van der Waals surface area contributed by atoms with Crippen LogP contribution in [0.1, 0.15) is 18.4 Å². The summed E-state index contributed by atoms with van der Waals surface area (Å²) < 4.78 is 0. The van der Waals surface area contributed by atoms with Gasteiger partial charge in [-0.2, -0.15) is 0 Å². The Morgan fingerprint density at radius 2 is 1.71 bits per heavy atom. The van der Waals surface area contributed by atoms with Gasteiger partial charge >= 0.3 is 0 Å². The number of benzene rings is 1. The van der Waals surface area contributed by atoms with Crippen LogP contribution in [0.15, 0.2) is 24.8 Å². The van der Waals surface area contributed by atoms with Crippen LogP contribution in [-0.4, -0.2) is 21.1 Å². The van der Waals surface area contributed by atoms with Crippen LogP contribution in [0.2, 0.25) is 0 Å². The Morgan fingerprint density at radius 3 is 2.24 bits per heavy atom. The molecule has 0 amide bonds. The SMILES string of the molecule is C=CCCCc1c(NC)ccc(NC)c1NC. The first-order chi connectivity index (χ1) is 8.28. The van der Waals surface area contributed by atoms with Crippen molar-refractivity contribution in [2.75, 3.05) is 37.1 Å². The average Bonchev–Trinajstić information content (AvgIpc) is 2.38. The molecule has 0 aromatic heterocycles. The maximum absolute atomic E-state index is 3.77. The topological polar surface area (TPSA) is 36.1 Å². The van der Waals surface area contributed by atoms with E-state index in [2.05, 4.69) is 34.7 Å². The maximum atomic E-state index is 3.77. The van der Waals surface area contributed by atoms with Crippen molar-refractivity contribution in [3.8, 4) is 0 Å². The molecule has 0 atom stereocenters. The van der Waals surface area contributed by atoms with Crippen LogP contribution >= 0.6 is 0 Å². The molecule has 0 aliphatic carbocycles. The number of anilines is 3. The zero-order valence-corrected chi connectivity index (χ0v) is 11.1.